The normalized spacial score (nSPS) is 13.5. The lowest BCUT2D eigenvalue weighted by Crippen LogP contribution is -2.32. The first-order valence-electron chi connectivity index (χ1n) is 5.42. The third kappa shape index (κ3) is 3.62. The summed E-state index contributed by atoms with van der Waals surface area (Å²) in [6.45, 7) is 7.43. The summed E-state index contributed by atoms with van der Waals surface area (Å²) in [5.74, 6) is 0.615. The van der Waals surface area contributed by atoms with Gasteiger partial charge in [-0.3, -0.25) is 4.90 Å². The van der Waals surface area contributed by atoms with Gasteiger partial charge in [0.1, 0.15) is 5.15 Å². The molecule has 0 N–H and O–H groups in total. The lowest BCUT2D eigenvalue weighted by Gasteiger charge is -2.28. The van der Waals surface area contributed by atoms with Crippen LogP contribution in [0.2, 0.25) is 10.2 Å². The Kier molecular flexibility index (Phi) is 5.03. The van der Waals surface area contributed by atoms with Crippen LogP contribution in [0.5, 0.6) is 0 Å². The Bertz CT molecular complexity index is 353. The van der Waals surface area contributed by atoms with Crippen LogP contribution < -0.4 is 0 Å². The summed E-state index contributed by atoms with van der Waals surface area (Å²) in [6.07, 6.45) is 1.74. The van der Waals surface area contributed by atoms with Crippen molar-refractivity contribution >= 4 is 23.2 Å². The minimum Gasteiger partial charge on any atom is -0.299 e. The third-order valence-electron chi connectivity index (χ3n) is 2.98. The molecule has 0 saturated heterocycles. The Morgan fingerprint density at radius 3 is 2.44 bits per heavy atom. The maximum absolute atomic E-state index is 6.11. The molecular weight excluding hydrogens is 243 g/mol. The standard InChI is InChI=1S/C12H18Cl2N2/c1-8(2)9(3)16(4)7-10-6-15-12(14)5-11(10)13/h5-6,8-9H,7H2,1-4H3. The number of hydrogen-bond acceptors (Lipinski definition) is 2. The van der Waals surface area contributed by atoms with Gasteiger partial charge in [0.15, 0.2) is 0 Å². The van der Waals surface area contributed by atoms with Crippen LogP contribution in [0.4, 0.5) is 0 Å². The lowest BCUT2D eigenvalue weighted by atomic mass is 10.0. The first-order chi connectivity index (χ1) is 7.41. The first-order valence-corrected chi connectivity index (χ1v) is 6.17. The van der Waals surface area contributed by atoms with Gasteiger partial charge < -0.3 is 0 Å². The quantitative estimate of drug-likeness (QED) is 0.765. The number of halogens is 2. The Hall–Kier alpha value is -0.310. The number of rotatable bonds is 4. The topological polar surface area (TPSA) is 16.1 Å². The van der Waals surface area contributed by atoms with Crippen LogP contribution in [-0.2, 0) is 6.54 Å². The van der Waals surface area contributed by atoms with E-state index in [9.17, 15) is 0 Å². The second kappa shape index (κ2) is 5.85. The number of nitrogens with zero attached hydrogens (tertiary/aromatic N) is 2. The lowest BCUT2D eigenvalue weighted by molar-refractivity contribution is 0.200. The fourth-order valence-electron chi connectivity index (χ4n) is 1.47. The molecule has 2 nitrogen and oxygen atoms in total. The van der Waals surface area contributed by atoms with Gasteiger partial charge in [0.25, 0.3) is 0 Å². The molecule has 0 saturated carbocycles. The summed E-state index contributed by atoms with van der Waals surface area (Å²) in [7, 11) is 2.09. The molecule has 0 bridgehead atoms. The van der Waals surface area contributed by atoms with Crippen molar-refractivity contribution in [2.45, 2.75) is 33.4 Å². The Balaban J connectivity index is 2.73. The van der Waals surface area contributed by atoms with Gasteiger partial charge in [-0.25, -0.2) is 4.98 Å². The molecule has 16 heavy (non-hydrogen) atoms. The third-order valence-corrected chi connectivity index (χ3v) is 3.53. The summed E-state index contributed by atoms with van der Waals surface area (Å²) < 4.78 is 0. The van der Waals surface area contributed by atoms with Crippen LogP contribution in [0.15, 0.2) is 12.3 Å². The van der Waals surface area contributed by atoms with Crippen molar-refractivity contribution in [3.05, 3.63) is 28.0 Å². The molecule has 0 aliphatic rings. The summed E-state index contributed by atoms with van der Waals surface area (Å²) >= 11 is 11.9. The summed E-state index contributed by atoms with van der Waals surface area (Å²) in [5, 5.41) is 1.12. The van der Waals surface area contributed by atoms with E-state index in [-0.39, 0.29) is 0 Å². The summed E-state index contributed by atoms with van der Waals surface area (Å²) in [6, 6.07) is 2.19. The molecule has 0 spiro atoms. The Labute approximate surface area is 108 Å². The van der Waals surface area contributed by atoms with Gasteiger partial charge in [-0.05, 0) is 26.0 Å². The van der Waals surface area contributed by atoms with E-state index in [1.54, 1.807) is 12.3 Å². The molecule has 1 aromatic heterocycles. The van der Waals surface area contributed by atoms with Gasteiger partial charge in [-0.2, -0.15) is 0 Å². The molecule has 90 valence electrons. The second-order valence-corrected chi connectivity index (χ2v) is 5.29. The number of aromatic nitrogens is 1. The maximum Gasteiger partial charge on any atom is 0.130 e. The fourth-order valence-corrected chi connectivity index (χ4v) is 1.90. The molecular formula is C12H18Cl2N2. The molecule has 0 amide bonds. The molecule has 0 aliphatic carbocycles. The molecule has 0 fully saturated rings. The van der Waals surface area contributed by atoms with E-state index in [0.717, 1.165) is 12.1 Å². The zero-order valence-corrected chi connectivity index (χ0v) is 11.7. The van der Waals surface area contributed by atoms with Gasteiger partial charge in [-0.1, -0.05) is 37.0 Å². The van der Waals surface area contributed by atoms with E-state index in [1.807, 2.05) is 0 Å². The average molecular weight is 261 g/mol. The number of pyridine rings is 1. The Morgan fingerprint density at radius 2 is 1.94 bits per heavy atom. The van der Waals surface area contributed by atoms with Gasteiger partial charge in [0.2, 0.25) is 0 Å². The average Bonchev–Trinajstić information content (AvgIpc) is 2.20. The Morgan fingerprint density at radius 1 is 1.31 bits per heavy atom. The fraction of sp³-hybridized carbons (Fsp3) is 0.583. The predicted octanol–water partition coefficient (Wildman–Crippen LogP) is 3.86. The summed E-state index contributed by atoms with van der Waals surface area (Å²) in [4.78, 5) is 6.32. The minimum absolute atomic E-state index is 0.438. The highest BCUT2D eigenvalue weighted by Crippen LogP contribution is 2.21. The largest absolute Gasteiger partial charge is 0.299 e. The molecule has 1 aromatic rings. The van der Waals surface area contributed by atoms with Crippen LogP contribution in [0.25, 0.3) is 0 Å². The van der Waals surface area contributed by atoms with E-state index in [4.69, 9.17) is 23.2 Å². The zero-order valence-electron chi connectivity index (χ0n) is 10.2. The van der Waals surface area contributed by atoms with E-state index in [1.165, 1.54) is 0 Å². The van der Waals surface area contributed by atoms with Crippen LogP contribution in [0, 0.1) is 5.92 Å². The molecule has 0 aromatic carbocycles. The van der Waals surface area contributed by atoms with Crippen LogP contribution in [0.1, 0.15) is 26.3 Å². The van der Waals surface area contributed by atoms with Crippen molar-refractivity contribution in [1.82, 2.24) is 9.88 Å². The van der Waals surface area contributed by atoms with E-state index in [0.29, 0.717) is 22.1 Å². The molecule has 1 unspecified atom stereocenters. The van der Waals surface area contributed by atoms with Gasteiger partial charge in [0.05, 0.1) is 0 Å². The minimum atomic E-state index is 0.438. The van der Waals surface area contributed by atoms with Crippen LogP contribution in [0.3, 0.4) is 0 Å². The maximum atomic E-state index is 6.11. The van der Waals surface area contributed by atoms with Crippen molar-refractivity contribution in [2.24, 2.45) is 5.92 Å². The van der Waals surface area contributed by atoms with Crippen LogP contribution >= 0.6 is 23.2 Å². The highest BCUT2D eigenvalue weighted by molar-refractivity contribution is 6.34. The van der Waals surface area contributed by atoms with Crippen molar-refractivity contribution in [1.29, 1.82) is 0 Å². The highest BCUT2D eigenvalue weighted by Gasteiger charge is 2.14. The van der Waals surface area contributed by atoms with E-state index < -0.39 is 0 Å². The van der Waals surface area contributed by atoms with Crippen molar-refractivity contribution in [3.63, 3.8) is 0 Å². The van der Waals surface area contributed by atoms with Crippen molar-refractivity contribution < 1.29 is 0 Å². The van der Waals surface area contributed by atoms with Crippen molar-refractivity contribution in [3.8, 4) is 0 Å². The van der Waals surface area contributed by atoms with Gasteiger partial charge >= 0.3 is 0 Å². The molecule has 1 atom stereocenters. The molecule has 1 rings (SSSR count). The molecule has 4 heteroatoms. The van der Waals surface area contributed by atoms with E-state index in [2.05, 4.69) is 37.7 Å². The smallest absolute Gasteiger partial charge is 0.130 e. The second-order valence-electron chi connectivity index (χ2n) is 4.50. The summed E-state index contributed by atoms with van der Waals surface area (Å²) in [5.41, 5.74) is 1.01. The molecule has 1 heterocycles. The highest BCUT2D eigenvalue weighted by atomic mass is 35.5. The number of hydrogen-bond donors (Lipinski definition) is 0. The van der Waals surface area contributed by atoms with Gasteiger partial charge in [-0.15, -0.1) is 0 Å². The van der Waals surface area contributed by atoms with Crippen LogP contribution in [-0.4, -0.2) is 23.0 Å². The zero-order chi connectivity index (χ0) is 12.3. The first kappa shape index (κ1) is 13.8. The van der Waals surface area contributed by atoms with Gasteiger partial charge in [0, 0.05) is 29.4 Å². The van der Waals surface area contributed by atoms with E-state index >= 15 is 0 Å². The molecule has 0 aliphatic heterocycles. The SMILES string of the molecule is CC(C)C(C)N(C)Cc1cnc(Cl)cc1Cl. The monoisotopic (exact) mass is 260 g/mol. The predicted molar refractivity (Wildman–Crippen MR) is 70.0 cm³/mol. The van der Waals surface area contributed by atoms with Crippen molar-refractivity contribution in [2.75, 3.05) is 7.05 Å². The molecule has 0 radical (unpaired) electrons.